The number of ether oxygens (including phenoxy) is 2. The SMILES string of the molecule is COCCNC(=O)c1nn(-c2ccccc2)c(Oc2ccccc2[N+](=O)[O-])c1C. The monoisotopic (exact) mass is 396 g/mol. The molecule has 0 saturated carbocycles. The van der Waals surface area contributed by atoms with Crippen LogP contribution in [0.1, 0.15) is 16.1 Å². The Bertz CT molecular complexity index is 1020. The second kappa shape index (κ2) is 8.98. The number of aromatic nitrogens is 2. The van der Waals surface area contributed by atoms with E-state index in [9.17, 15) is 14.9 Å². The molecule has 1 heterocycles. The minimum absolute atomic E-state index is 0.0593. The molecule has 9 nitrogen and oxygen atoms in total. The van der Waals surface area contributed by atoms with Crippen molar-refractivity contribution in [2.45, 2.75) is 6.92 Å². The molecule has 0 saturated heterocycles. The van der Waals surface area contributed by atoms with Gasteiger partial charge in [-0.15, -0.1) is 0 Å². The Hall–Kier alpha value is -3.72. The average Bonchev–Trinajstić information content (AvgIpc) is 3.05. The molecule has 29 heavy (non-hydrogen) atoms. The fourth-order valence-corrected chi connectivity index (χ4v) is 2.71. The highest BCUT2D eigenvalue weighted by atomic mass is 16.6. The third-order valence-electron chi connectivity index (χ3n) is 4.14. The van der Waals surface area contributed by atoms with E-state index >= 15 is 0 Å². The van der Waals surface area contributed by atoms with E-state index in [0.717, 1.165) is 0 Å². The summed E-state index contributed by atoms with van der Waals surface area (Å²) in [4.78, 5) is 23.4. The van der Waals surface area contributed by atoms with Gasteiger partial charge in [0.15, 0.2) is 5.69 Å². The van der Waals surface area contributed by atoms with Crippen LogP contribution in [0.25, 0.3) is 5.69 Å². The third-order valence-corrected chi connectivity index (χ3v) is 4.14. The first kappa shape index (κ1) is 20.0. The number of carbonyl (C=O) groups excluding carboxylic acids is 1. The van der Waals surface area contributed by atoms with Crippen LogP contribution in [0.2, 0.25) is 0 Å². The van der Waals surface area contributed by atoms with Crippen LogP contribution >= 0.6 is 0 Å². The number of nitrogens with one attached hydrogen (secondary N) is 1. The van der Waals surface area contributed by atoms with E-state index in [4.69, 9.17) is 9.47 Å². The Morgan fingerprint density at radius 1 is 1.17 bits per heavy atom. The van der Waals surface area contributed by atoms with Gasteiger partial charge in [0.05, 0.1) is 17.2 Å². The van der Waals surface area contributed by atoms with Crippen molar-refractivity contribution < 1.29 is 19.2 Å². The Morgan fingerprint density at radius 3 is 2.55 bits per heavy atom. The number of amides is 1. The minimum Gasteiger partial charge on any atom is -0.431 e. The highest BCUT2D eigenvalue weighted by molar-refractivity contribution is 5.94. The molecule has 9 heteroatoms. The van der Waals surface area contributed by atoms with Crippen molar-refractivity contribution in [1.29, 1.82) is 0 Å². The molecule has 0 bridgehead atoms. The standard InChI is InChI=1S/C20H20N4O5/c1-14-18(19(25)21-12-13-28-2)22-23(15-8-4-3-5-9-15)20(14)29-17-11-7-6-10-16(17)24(26)27/h3-11H,12-13H2,1-2H3,(H,21,25). The van der Waals surface area contributed by atoms with E-state index in [1.165, 1.54) is 16.8 Å². The van der Waals surface area contributed by atoms with E-state index in [2.05, 4.69) is 10.4 Å². The van der Waals surface area contributed by atoms with Gasteiger partial charge in [-0.3, -0.25) is 14.9 Å². The normalized spacial score (nSPS) is 10.6. The number of para-hydroxylation sites is 3. The number of hydrogen-bond donors (Lipinski definition) is 1. The number of rotatable bonds is 8. The molecular formula is C20H20N4O5. The molecule has 0 atom stereocenters. The van der Waals surface area contributed by atoms with Crippen molar-refractivity contribution >= 4 is 11.6 Å². The molecule has 3 aromatic rings. The van der Waals surface area contributed by atoms with Gasteiger partial charge in [0.25, 0.3) is 5.91 Å². The topological polar surface area (TPSA) is 109 Å². The summed E-state index contributed by atoms with van der Waals surface area (Å²) in [5, 5.41) is 18.5. The molecule has 2 aromatic carbocycles. The predicted octanol–water partition coefficient (Wildman–Crippen LogP) is 3.26. The van der Waals surface area contributed by atoms with Gasteiger partial charge >= 0.3 is 5.69 Å². The molecule has 0 aliphatic carbocycles. The van der Waals surface area contributed by atoms with E-state index in [1.807, 2.05) is 18.2 Å². The zero-order valence-corrected chi connectivity index (χ0v) is 16.0. The molecule has 1 aromatic heterocycles. The molecule has 0 aliphatic heterocycles. The Morgan fingerprint density at radius 2 is 1.86 bits per heavy atom. The molecule has 0 unspecified atom stereocenters. The van der Waals surface area contributed by atoms with Crippen molar-refractivity contribution in [2.75, 3.05) is 20.3 Å². The summed E-state index contributed by atoms with van der Waals surface area (Å²) < 4.78 is 12.3. The van der Waals surface area contributed by atoms with Gasteiger partial charge in [0.2, 0.25) is 11.6 Å². The second-order valence-electron chi connectivity index (χ2n) is 6.10. The smallest absolute Gasteiger partial charge is 0.311 e. The molecule has 1 amide bonds. The summed E-state index contributed by atoms with van der Waals surface area (Å²) in [6, 6.07) is 15.1. The van der Waals surface area contributed by atoms with E-state index in [1.54, 1.807) is 38.3 Å². The van der Waals surface area contributed by atoms with E-state index in [0.29, 0.717) is 24.4 Å². The van der Waals surface area contributed by atoms with Crippen LogP contribution in [-0.2, 0) is 4.74 Å². The van der Waals surface area contributed by atoms with E-state index in [-0.39, 0.29) is 28.9 Å². The maximum absolute atomic E-state index is 12.6. The molecule has 0 spiro atoms. The average molecular weight is 396 g/mol. The molecule has 0 radical (unpaired) electrons. The number of methoxy groups -OCH3 is 1. The van der Waals surface area contributed by atoms with Crippen LogP contribution in [0.4, 0.5) is 5.69 Å². The quantitative estimate of drug-likeness (QED) is 0.356. The van der Waals surface area contributed by atoms with Crippen molar-refractivity contribution in [3.05, 3.63) is 76.0 Å². The number of carbonyl (C=O) groups is 1. The van der Waals surface area contributed by atoms with Crippen molar-refractivity contribution in [1.82, 2.24) is 15.1 Å². The van der Waals surface area contributed by atoms with E-state index < -0.39 is 4.92 Å². The van der Waals surface area contributed by atoms with Crippen molar-refractivity contribution in [3.63, 3.8) is 0 Å². The van der Waals surface area contributed by atoms with Gasteiger partial charge in [-0.1, -0.05) is 30.3 Å². The number of benzene rings is 2. The van der Waals surface area contributed by atoms with Crippen LogP contribution in [0, 0.1) is 17.0 Å². The lowest BCUT2D eigenvalue weighted by atomic mass is 10.2. The van der Waals surface area contributed by atoms with Crippen LogP contribution < -0.4 is 10.1 Å². The van der Waals surface area contributed by atoms with Gasteiger partial charge in [-0.05, 0) is 25.1 Å². The molecular weight excluding hydrogens is 376 g/mol. The van der Waals surface area contributed by atoms with Crippen LogP contribution in [0.15, 0.2) is 54.6 Å². The van der Waals surface area contributed by atoms with Crippen molar-refractivity contribution in [3.8, 4) is 17.3 Å². The zero-order valence-electron chi connectivity index (χ0n) is 16.0. The molecule has 150 valence electrons. The highest BCUT2D eigenvalue weighted by Gasteiger charge is 2.25. The molecule has 1 N–H and O–H groups in total. The first-order chi connectivity index (χ1) is 14.0. The number of nitro benzene ring substituents is 1. The van der Waals surface area contributed by atoms with Gasteiger partial charge in [-0.2, -0.15) is 9.78 Å². The fraction of sp³-hybridized carbons (Fsp3) is 0.200. The van der Waals surface area contributed by atoms with Crippen LogP contribution in [-0.4, -0.2) is 40.9 Å². The van der Waals surface area contributed by atoms with Crippen LogP contribution in [0.3, 0.4) is 0 Å². The lowest BCUT2D eigenvalue weighted by Gasteiger charge is -2.10. The fourth-order valence-electron chi connectivity index (χ4n) is 2.71. The molecule has 3 rings (SSSR count). The third kappa shape index (κ3) is 4.41. The number of nitro groups is 1. The first-order valence-electron chi connectivity index (χ1n) is 8.86. The summed E-state index contributed by atoms with van der Waals surface area (Å²) in [5.41, 5.74) is 1.10. The van der Waals surface area contributed by atoms with Gasteiger partial charge in [0, 0.05) is 25.3 Å². The molecule has 0 fully saturated rings. The summed E-state index contributed by atoms with van der Waals surface area (Å²) in [5.74, 6) is -0.104. The maximum atomic E-state index is 12.6. The van der Waals surface area contributed by atoms with Gasteiger partial charge in [0.1, 0.15) is 0 Å². The zero-order chi connectivity index (χ0) is 20.8. The van der Waals surface area contributed by atoms with Crippen LogP contribution in [0.5, 0.6) is 11.6 Å². The van der Waals surface area contributed by atoms with Crippen molar-refractivity contribution in [2.24, 2.45) is 0 Å². The minimum atomic E-state index is -0.522. The largest absolute Gasteiger partial charge is 0.431 e. The predicted molar refractivity (Wildman–Crippen MR) is 106 cm³/mol. The Balaban J connectivity index is 2.05. The Kier molecular flexibility index (Phi) is 6.20. The summed E-state index contributed by atoms with van der Waals surface area (Å²) in [7, 11) is 1.54. The van der Waals surface area contributed by atoms with Gasteiger partial charge in [-0.25, -0.2) is 0 Å². The summed E-state index contributed by atoms with van der Waals surface area (Å²) in [6.07, 6.45) is 0. The lowest BCUT2D eigenvalue weighted by Crippen LogP contribution is -2.27. The summed E-state index contributed by atoms with van der Waals surface area (Å²) >= 11 is 0. The second-order valence-corrected chi connectivity index (χ2v) is 6.10. The highest BCUT2D eigenvalue weighted by Crippen LogP contribution is 2.34. The van der Waals surface area contributed by atoms with Gasteiger partial charge < -0.3 is 14.8 Å². The summed E-state index contributed by atoms with van der Waals surface area (Å²) in [6.45, 7) is 2.37. The molecule has 0 aliphatic rings. The Labute approximate surface area is 167 Å². The lowest BCUT2D eigenvalue weighted by molar-refractivity contribution is -0.385. The number of hydrogen-bond acceptors (Lipinski definition) is 6. The first-order valence-corrected chi connectivity index (χ1v) is 8.86. The number of nitrogens with zero attached hydrogens (tertiary/aromatic N) is 3. The maximum Gasteiger partial charge on any atom is 0.311 e.